The summed E-state index contributed by atoms with van der Waals surface area (Å²) in [5.41, 5.74) is 1.48. The zero-order valence-corrected chi connectivity index (χ0v) is 16.5. The van der Waals surface area contributed by atoms with E-state index in [4.69, 9.17) is 4.74 Å². The fourth-order valence-corrected chi connectivity index (χ4v) is 4.88. The first kappa shape index (κ1) is 19.1. The molecule has 0 radical (unpaired) electrons. The van der Waals surface area contributed by atoms with E-state index < -0.39 is 10.0 Å². The van der Waals surface area contributed by atoms with Gasteiger partial charge in [0.2, 0.25) is 10.0 Å². The van der Waals surface area contributed by atoms with E-state index in [1.807, 2.05) is 35.2 Å². The van der Waals surface area contributed by atoms with Crippen molar-refractivity contribution in [3.8, 4) is 0 Å². The highest BCUT2D eigenvalue weighted by atomic mass is 32.2. The highest BCUT2D eigenvalue weighted by Gasteiger charge is 2.34. The number of rotatable bonds is 6. The monoisotopic (exact) mass is 400 g/mol. The van der Waals surface area contributed by atoms with E-state index in [0.717, 1.165) is 18.4 Å². The van der Waals surface area contributed by atoms with E-state index in [-0.39, 0.29) is 16.8 Å². The molecule has 2 aromatic carbocycles. The highest BCUT2D eigenvalue weighted by Crippen LogP contribution is 2.30. The van der Waals surface area contributed by atoms with Gasteiger partial charge in [-0.15, -0.1) is 0 Å². The lowest BCUT2D eigenvalue weighted by atomic mass is 10.1. The molecule has 0 bridgehead atoms. The minimum absolute atomic E-state index is 0.120. The van der Waals surface area contributed by atoms with Crippen LogP contribution in [-0.4, -0.2) is 55.9 Å². The fourth-order valence-electron chi connectivity index (χ4n) is 3.42. The summed E-state index contributed by atoms with van der Waals surface area (Å²) in [6.45, 7) is 1.99. The molecule has 1 amide bonds. The summed E-state index contributed by atoms with van der Waals surface area (Å²) in [5.74, 6) is -0.120. The number of ether oxygens (including phenoxy) is 1. The molecule has 1 saturated carbocycles. The second-order valence-corrected chi connectivity index (χ2v) is 9.13. The molecule has 1 aliphatic heterocycles. The van der Waals surface area contributed by atoms with E-state index in [1.165, 1.54) is 10.4 Å². The standard InChI is InChI=1S/C21H24N2O4S/c24-21(23(19-9-10-19)16-17-5-2-1-3-6-17)18-7-4-8-20(15-18)28(25,26)22-11-13-27-14-12-22/h1-8,15,19H,9-14,16H2. The van der Waals surface area contributed by atoms with E-state index in [2.05, 4.69) is 0 Å². The van der Waals surface area contributed by atoms with Crippen molar-refractivity contribution in [2.45, 2.75) is 30.3 Å². The van der Waals surface area contributed by atoms with Gasteiger partial charge in [0.05, 0.1) is 18.1 Å². The van der Waals surface area contributed by atoms with Crippen LogP contribution in [0, 0.1) is 0 Å². The highest BCUT2D eigenvalue weighted by molar-refractivity contribution is 7.89. The van der Waals surface area contributed by atoms with Crippen LogP contribution in [0.15, 0.2) is 59.5 Å². The van der Waals surface area contributed by atoms with Crippen molar-refractivity contribution in [3.05, 3.63) is 65.7 Å². The van der Waals surface area contributed by atoms with Gasteiger partial charge in [0, 0.05) is 31.2 Å². The largest absolute Gasteiger partial charge is 0.379 e. The molecule has 1 aliphatic carbocycles. The molecule has 1 saturated heterocycles. The van der Waals surface area contributed by atoms with Crippen LogP contribution >= 0.6 is 0 Å². The van der Waals surface area contributed by atoms with Crippen LogP contribution in [-0.2, 0) is 21.3 Å². The Kier molecular flexibility index (Phi) is 5.48. The first-order valence-electron chi connectivity index (χ1n) is 9.58. The molecule has 0 unspecified atom stereocenters. The Bertz CT molecular complexity index is 936. The molecule has 2 aliphatic rings. The van der Waals surface area contributed by atoms with Gasteiger partial charge in [-0.1, -0.05) is 36.4 Å². The van der Waals surface area contributed by atoms with Crippen LogP contribution in [0.5, 0.6) is 0 Å². The average molecular weight is 401 g/mol. The van der Waals surface area contributed by atoms with Gasteiger partial charge in [-0.05, 0) is 36.6 Å². The molecule has 0 spiro atoms. The number of sulfonamides is 1. The van der Waals surface area contributed by atoms with Gasteiger partial charge in [0.15, 0.2) is 0 Å². The molecule has 28 heavy (non-hydrogen) atoms. The maximum absolute atomic E-state index is 13.2. The smallest absolute Gasteiger partial charge is 0.254 e. The number of carbonyl (C=O) groups excluding carboxylic acids is 1. The second-order valence-electron chi connectivity index (χ2n) is 7.19. The summed E-state index contributed by atoms with van der Waals surface area (Å²) in [6, 6.07) is 16.5. The summed E-state index contributed by atoms with van der Waals surface area (Å²) in [6.07, 6.45) is 1.98. The van der Waals surface area contributed by atoms with E-state index >= 15 is 0 Å². The summed E-state index contributed by atoms with van der Waals surface area (Å²) in [7, 11) is -3.62. The normalized spacial score (nSPS) is 18.0. The molecule has 7 heteroatoms. The van der Waals surface area contributed by atoms with Crippen molar-refractivity contribution in [1.29, 1.82) is 0 Å². The van der Waals surface area contributed by atoms with Gasteiger partial charge in [-0.25, -0.2) is 8.42 Å². The van der Waals surface area contributed by atoms with Crippen molar-refractivity contribution in [2.24, 2.45) is 0 Å². The number of hydrogen-bond acceptors (Lipinski definition) is 4. The van der Waals surface area contributed by atoms with Crippen LogP contribution < -0.4 is 0 Å². The first-order chi connectivity index (χ1) is 13.6. The van der Waals surface area contributed by atoms with Crippen molar-refractivity contribution in [3.63, 3.8) is 0 Å². The molecule has 6 nitrogen and oxygen atoms in total. The minimum Gasteiger partial charge on any atom is -0.379 e. The van der Waals surface area contributed by atoms with Crippen LogP contribution in [0.3, 0.4) is 0 Å². The molecular weight excluding hydrogens is 376 g/mol. The van der Waals surface area contributed by atoms with Crippen LogP contribution in [0.2, 0.25) is 0 Å². The Morgan fingerprint density at radius 2 is 1.75 bits per heavy atom. The Morgan fingerprint density at radius 3 is 2.43 bits per heavy atom. The number of carbonyl (C=O) groups is 1. The Morgan fingerprint density at radius 1 is 1.04 bits per heavy atom. The number of nitrogens with zero attached hydrogens (tertiary/aromatic N) is 2. The molecule has 4 rings (SSSR count). The van der Waals surface area contributed by atoms with Gasteiger partial charge < -0.3 is 9.64 Å². The van der Waals surface area contributed by atoms with Gasteiger partial charge >= 0.3 is 0 Å². The lowest BCUT2D eigenvalue weighted by molar-refractivity contribution is 0.0725. The zero-order chi connectivity index (χ0) is 19.6. The van der Waals surface area contributed by atoms with E-state index in [9.17, 15) is 13.2 Å². The summed E-state index contributed by atoms with van der Waals surface area (Å²) < 4.78 is 32.5. The molecule has 0 N–H and O–H groups in total. The van der Waals surface area contributed by atoms with Crippen LogP contribution in [0.4, 0.5) is 0 Å². The second kappa shape index (κ2) is 8.03. The number of amides is 1. The van der Waals surface area contributed by atoms with Gasteiger partial charge in [0.1, 0.15) is 0 Å². The predicted molar refractivity (Wildman–Crippen MR) is 105 cm³/mol. The van der Waals surface area contributed by atoms with Crippen molar-refractivity contribution in [2.75, 3.05) is 26.3 Å². The quantitative estimate of drug-likeness (QED) is 0.747. The maximum atomic E-state index is 13.2. The molecule has 2 fully saturated rings. The number of morpholine rings is 1. The summed E-state index contributed by atoms with van der Waals surface area (Å²) in [5, 5.41) is 0. The number of hydrogen-bond donors (Lipinski definition) is 0. The number of benzene rings is 2. The van der Waals surface area contributed by atoms with Gasteiger partial charge in [0.25, 0.3) is 5.91 Å². The maximum Gasteiger partial charge on any atom is 0.254 e. The third-order valence-electron chi connectivity index (χ3n) is 5.13. The molecule has 2 aromatic rings. The minimum atomic E-state index is -3.62. The van der Waals surface area contributed by atoms with Crippen molar-refractivity contribution >= 4 is 15.9 Å². The molecule has 1 heterocycles. The molecular formula is C21H24N2O4S. The van der Waals surface area contributed by atoms with Gasteiger partial charge in [-0.3, -0.25) is 4.79 Å². The van der Waals surface area contributed by atoms with Crippen molar-refractivity contribution < 1.29 is 17.9 Å². The topological polar surface area (TPSA) is 66.9 Å². The Hall–Kier alpha value is -2.22. The van der Waals surface area contributed by atoms with Gasteiger partial charge in [-0.2, -0.15) is 4.31 Å². The molecule has 0 aromatic heterocycles. The van der Waals surface area contributed by atoms with Crippen LogP contribution in [0.1, 0.15) is 28.8 Å². The molecule has 0 atom stereocenters. The fraction of sp³-hybridized carbons (Fsp3) is 0.381. The average Bonchev–Trinajstić information content (AvgIpc) is 3.58. The Balaban J connectivity index is 1.58. The lowest BCUT2D eigenvalue weighted by Gasteiger charge is -2.26. The van der Waals surface area contributed by atoms with Crippen molar-refractivity contribution in [1.82, 2.24) is 9.21 Å². The lowest BCUT2D eigenvalue weighted by Crippen LogP contribution is -2.40. The summed E-state index contributed by atoms with van der Waals surface area (Å²) >= 11 is 0. The van der Waals surface area contributed by atoms with E-state index in [0.29, 0.717) is 38.4 Å². The zero-order valence-electron chi connectivity index (χ0n) is 15.7. The first-order valence-corrected chi connectivity index (χ1v) is 11.0. The SMILES string of the molecule is O=C(c1cccc(S(=O)(=O)N2CCOCC2)c1)N(Cc1ccccc1)C1CC1. The third kappa shape index (κ3) is 4.11. The summed E-state index contributed by atoms with van der Waals surface area (Å²) in [4.78, 5) is 15.2. The predicted octanol–water partition coefficient (Wildman–Crippen LogP) is 2.51. The Labute approximate surface area is 165 Å². The molecule has 148 valence electrons. The van der Waals surface area contributed by atoms with E-state index in [1.54, 1.807) is 18.2 Å². The van der Waals surface area contributed by atoms with Crippen LogP contribution in [0.25, 0.3) is 0 Å². The third-order valence-corrected chi connectivity index (χ3v) is 7.03.